The predicted molar refractivity (Wildman–Crippen MR) is 23.1 cm³/mol. The molecule has 0 atom stereocenters. The molecule has 0 saturated heterocycles. The maximum atomic E-state index is 8.89. The van der Waals surface area contributed by atoms with E-state index in [4.69, 9.17) is 25.0 Å². The van der Waals surface area contributed by atoms with Gasteiger partial charge in [0, 0.05) is 5.97 Å². The smallest absolute Gasteiger partial charge is 0.550 e. The summed E-state index contributed by atoms with van der Waals surface area (Å²) in [6, 6.07) is 0. The van der Waals surface area contributed by atoms with Gasteiger partial charge in [-0.3, -0.25) is 0 Å². The van der Waals surface area contributed by atoms with Crippen molar-refractivity contribution in [3.8, 4) is 0 Å². The first kappa shape index (κ1) is 16.2. The van der Waals surface area contributed by atoms with Crippen LogP contribution in [0.1, 0.15) is 6.92 Å². The summed E-state index contributed by atoms with van der Waals surface area (Å²) in [6.45, 7) is 0.972. The topological polar surface area (TPSA) is 101 Å². The maximum absolute atomic E-state index is 8.89. The Labute approximate surface area is 74.8 Å². The van der Waals surface area contributed by atoms with Gasteiger partial charge >= 0.3 is 36.9 Å². The molecule has 0 heterocycles. The molecule has 0 spiro atoms. The summed E-state index contributed by atoms with van der Waals surface area (Å²) in [5, 5.41) is 30.4. The monoisotopic (exact) mass is 144 g/mol. The van der Waals surface area contributed by atoms with E-state index in [0.717, 1.165) is 6.92 Å². The van der Waals surface area contributed by atoms with Crippen LogP contribution < -0.4 is 34.7 Å². The number of aliphatic carboxylic acids is 1. The van der Waals surface area contributed by atoms with Crippen LogP contribution in [0.3, 0.4) is 0 Å². The number of hydrogen-bond acceptors (Lipinski definition) is 5. The van der Waals surface area contributed by atoms with Gasteiger partial charge < -0.3 is 25.0 Å². The molecule has 48 valence electrons. The van der Waals surface area contributed by atoms with Crippen LogP contribution in [-0.2, 0) is 4.79 Å². The van der Waals surface area contributed by atoms with Gasteiger partial charge in [0.2, 0.25) is 0 Å². The third kappa shape index (κ3) is 2010. The first-order chi connectivity index (χ1) is 3.46. The minimum absolute atomic E-state index is 0. The molecule has 0 aromatic heterocycles. The zero-order valence-corrected chi connectivity index (χ0v) is 7.24. The molecule has 0 aromatic carbocycles. The van der Waals surface area contributed by atoms with E-state index in [1.807, 2.05) is 0 Å². The maximum Gasteiger partial charge on any atom is 1.00 e. The van der Waals surface area contributed by atoms with Crippen molar-refractivity contribution in [1.82, 2.24) is 0 Å². The van der Waals surface area contributed by atoms with Gasteiger partial charge in [-0.05, 0) is 6.92 Å². The molecule has 9 heavy (non-hydrogen) atoms. The second kappa shape index (κ2) is 11.2. The molecular formula is C2H6BNaO5. The van der Waals surface area contributed by atoms with Crippen molar-refractivity contribution >= 4 is 13.3 Å². The van der Waals surface area contributed by atoms with Crippen LogP contribution in [-0.4, -0.2) is 28.4 Å². The Morgan fingerprint density at radius 1 is 1.44 bits per heavy atom. The molecule has 0 amide bonds. The molecule has 0 unspecified atom stereocenters. The molecule has 5 nitrogen and oxygen atoms in total. The Hall–Kier alpha value is 0.415. The average Bonchev–Trinajstić information content (AvgIpc) is 1.25. The second-order valence-corrected chi connectivity index (χ2v) is 0.838. The summed E-state index contributed by atoms with van der Waals surface area (Å²) >= 11 is 0. The van der Waals surface area contributed by atoms with Crippen molar-refractivity contribution in [3.63, 3.8) is 0 Å². The molecule has 0 aromatic rings. The molecule has 0 aliphatic carbocycles. The Balaban J connectivity index is -0.0000000720. The van der Waals surface area contributed by atoms with Gasteiger partial charge in [-0.15, -0.1) is 0 Å². The van der Waals surface area contributed by atoms with Gasteiger partial charge in [0.05, 0.1) is 0 Å². The number of carbonyl (C=O) groups excluding carboxylic acids is 1. The Kier molecular flexibility index (Phi) is 20.2. The third-order valence-corrected chi connectivity index (χ3v) is 0. The number of hydrogen-bond donors (Lipinski definition) is 3. The van der Waals surface area contributed by atoms with Gasteiger partial charge in [-0.25, -0.2) is 0 Å². The van der Waals surface area contributed by atoms with Crippen LogP contribution in [0.4, 0.5) is 0 Å². The molecule has 0 aliphatic heterocycles. The van der Waals surface area contributed by atoms with Gasteiger partial charge in [0.15, 0.2) is 0 Å². The van der Waals surface area contributed by atoms with Crippen LogP contribution in [0, 0.1) is 0 Å². The predicted octanol–water partition coefficient (Wildman–Crippen LogP) is -6.29. The summed E-state index contributed by atoms with van der Waals surface area (Å²) < 4.78 is 0. The summed E-state index contributed by atoms with van der Waals surface area (Å²) in [6.07, 6.45) is 0. The van der Waals surface area contributed by atoms with Crippen LogP contribution in [0.25, 0.3) is 0 Å². The van der Waals surface area contributed by atoms with Crippen molar-refractivity contribution in [3.05, 3.63) is 0 Å². The van der Waals surface area contributed by atoms with E-state index < -0.39 is 13.3 Å². The van der Waals surface area contributed by atoms with Crippen LogP contribution >= 0.6 is 0 Å². The van der Waals surface area contributed by atoms with E-state index in [1.165, 1.54) is 0 Å². The van der Waals surface area contributed by atoms with Crippen molar-refractivity contribution in [2.75, 3.05) is 0 Å². The SMILES string of the molecule is CC(=O)[O-].OB(O)O.[Na+]. The van der Waals surface area contributed by atoms with Gasteiger partial charge in [0.25, 0.3) is 0 Å². The zero-order chi connectivity index (χ0) is 7.15. The molecule has 0 rings (SSSR count). The number of carboxylic acids is 1. The fourth-order valence-corrected chi connectivity index (χ4v) is 0. The van der Waals surface area contributed by atoms with E-state index in [2.05, 4.69) is 0 Å². The second-order valence-electron chi connectivity index (χ2n) is 0.838. The van der Waals surface area contributed by atoms with E-state index in [1.54, 1.807) is 0 Å². The van der Waals surface area contributed by atoms with Gasteiger partial charge in [0.1, 0.15) is 0 Å². The third-order valence-electron chi connectivity index (χ3n) is 0. The van der Waals surface area contributed by atoms with E-state index in [0.29, 0.717) is 0 Å². The summed E-state index contributed by atoms with van der Waals surface area (Å²) in [4.78, 5) is 8.89. The molecule has 3 N–H and O–H groups in total. The molecule has 0 fully saturated rings. The standard InChI is InChI=1S/C2H4O2.BH3O3.Na/c1-2(3)4;2-1(3)4;/h1H3,(H,3,4);2-4H;/q;;+1/p-1. The summed E-state index contributed by atoms with van der Waals surface area (Å²) in [7, 11) is -2.17. The van der Waals surface area contributed by atoms with Crippen molar-refractivity contribution in [1.29, 1.82) is 0 Å². The number of carbonyl (C=O) groups is 1. The van der Waals surface area contributed by atoms with Crippen molar-refractivity contribution in [2.45, 2.75) is 6.92 Å². The van der Waals surface area contributed by atoms with E-state index in [-0.39, 0.29) is 29.6 Å². The van der Waals surface area contributed by atoms with Crippen molar-refractivity contribution in [2.24, 2.45) is 0 Å². The number of rotatable bonds is 0. The largest absolute Gasteiger partial charge is 1.00 e. The summed E-state index contributed by atoms with van der Waals surface area (Å²) in [5.74, 6) is -1.08. The van der Waals surface area contributed by atoms with Gasteiger partial charge in [-0.2, -0.15) is 0 Å². The van der Waals surface area contributed by atoms with Crippen molar-refractivity contribution < 1.29 is 54.5 Å². The fraction of sp³-hybridized carbons (Fsp3) is 0.500. The van der Waals surface area contributed by atoms with Crippen LogP contribution in [0.15, 0.2) is 0 Å². The Morgan fingerprint density at radius 3 is 1.44 bits per heavy atom. The van der Waals surface area contributed by atoms with E-state index in [9.17, 15) is 0 Å². The Bertz CT molecular complexity index is 59.2. The fourth-order valence-electron chi connectivity index (χ4n) is 0. The molecule has 0 bridgehead atoms. The first-order valence-electron chi connectivity index (χ1n) is 1.68. The molecule has 7 heteroatoms. The first-order valence-corrected chi connectivity index (χ1v) is 1.68. The van der Waals surface area contributed by atoms with Crippen LogP contribution in [0.5, 0.6) is 0 Å². The minimum atomic E-state index is -2.17. The van der Waals surface area contributed by atoms with E-state index >= 15 is 0 Å². The normalized spacial score (nSPS) is 5.78. The van der Waals surface area contributed by atoms with Crippen LogP contribution in [0.2, 0.25) is 0 Å². The van der Waals surface area contributed by atoms with Gasteiger partial charge in [-0.1, -0.05) is 0 Å². The molecule has 0 aliphatic rings. The number of carboxylic acid groups (broad SMARTS) is 1. The Morgan fingerprint density at radius 2 is 1.44 bits per heavy atom. The quantitative estimate of drug-likeness (QED) is 0.293. The molecular weight excluding hydrogens is 138 g/mol. The minimum Gasteiger partial charge on any atom is -0.550 e. The molecule has 0 saturated carbocycles. The molecule has 0 radical (unpaired) electrons. The summed E-state index contributed by atoms with van der Waals surface area (Å²) in [5.41, 5.74) is 0. The zero-order valence-electron chi connectivity index (χ0n) is 5.24. The average molecular weight is 144 g/mol.